The molecule has 2 aromatic rings. The highest BCUT2D eigenvalue weighted by Crippen LogP contribution is 2.45. The second kappa shape index (κ2) is 8.67. The first-order chi connectivity index (χ1) is 13.4. The van der Waals surface area contributed by atoms with Gasteiger partial charge in [-0.25, -0.2) is 4.98 Å². The molecule has 1 aliphatic rings. The van der Waals surface area contributed by atoms with E-state index < -0.39 is 11.7 Å². The van der Waals surface area contributed by atoms with Crippen LogP contribution in [0.15, 0.2) is 48.0 Å². The maximum atomic E-state index is 13.1. The Hall–Kier alpha value is -2.51. The number of hydrogen-bond acceptors (Lipinski definition) is 2. The fraction of sp³-hybridized carbons (Fsp3) is 0.500. The average molecular weight is 393 g/mol. The van der Waals surface area contributed by atoms with Crippen molar-refractivity contribution in [2.75, 3.05) is 19.6 Å². The fourth-order valence-electron chi connectivity index (χ4n) is 3.46. The van der Waals surface area contributed by atoms with Crippen LogP contribution in [-0.2, 0) is 18.1 Å². The zero-order chi connectivity index (χ0) is 20.0. The minimum atomic E-state index is -4.33. The number of aliphatic imine (C=N–C) groups is 1. The first-order valence-corrected chi connectivity index (χ1v) is 9.59. The molecule has 0 bridgehead atoms. The summed E-state index contributed by atoms with van der Waals surface area (Å²) in [5.74, 6) is 0.681. The predicted octanol–water partition coefficient (Wildman–Crippen LogP) is 3.58. The smallest absolute Gasteiger partial charge is 0.357 e. The quantitative estimate of drug-likeness (QED) is 0.559. The van der Waals surface area contributed by atoms with Crippen LogP contribution in [-0.4, -0.2) is 35.1 Å². The van der Waals surface area contributed by atoms with E-state index in [-0.39, 0.29) is 5.41 Å². The van der Waals surface area contributed by atoms with Gasteiger partial charge in [0.05, 0.1) is 18.4 Å². The number of rotatable bonds is 7. The third-order valence-corrected chi connectivity index (χ3v) is 5.22. The molecule has 0 unspecified atom stereocenters. The van der Waals surface area contributed by atoms with Gasteiger partial charge in [-0.15, -0.1) is 0 Å². The van der Waals surface area contributed by atoms with Gasteiger partial charge >= 0.3 is 6.18 Å². The van der Waals surface area contributed by atoms with Gasteiger partial charge in [0.15, 0.2) is 5.96 Å². The summed E-state index contributed by atoms with van der Waals surface area (Å²) in [6.07, 6.45) is 3.77. The SMILES string of the molecule is CCNC(=NCC1(c2cccc(C(F)(F)F)c2)CCC1)NCCn1ccnc1. The molecule has 0 radical (unpaired) electrons. The second-order valence-corrected chi connectivity index (χ2v) is 7.13. The Morgan fingerprint density at radius 1 is 1.29 bits per heavy atom. The number of hydrogen-bond donors (Lipinski definition) is 2. The Morgan fingerprint density at radius 3 is 2.71 bits per heavy atom. The fourth-order valence-corrected chi connectivity index (χ4v) is 3.46. The maximum absolute atomic E-state index is 13.1. The molecule has 1 aliphatic carbocycles. The number of nitrogens with one attached hydrogen (secondary N) is 2. The molecule has 28 heavy (non-hydrogen) atoms. The number of nitrogens with zero attached hydrogens (tertiary/aromatic N) is 3. The van der Waals surface area contributed by atoms with E-state index in [0.717, 1.165) is 37.4 Å². The third-order valence-electron chi connectivity index (χ3n) is 5.22. The molecule has 3 rings (SSSR count). The summed E-state index contributed by atoms with van der Waals surface area (Å²) in [5.41, 5.74) is -0.175. The van der Waals surface area contributed by atoms with Gasteiger partial charge in [0.2, 0.25) is 0 Å². The molecule has 2 N–H and O–H groups in total. The van der Waals surface area contributed by atoms with E-state index >= 15 is 0 Å². The Kier molecular flexibility index (Phi) is 6.26. The maximum Gasteiger partial charge on any atom is 0.416 e. The van der Waals surface area contributed by atoms with Crippen molar-refractivity contribution in [1.29, 1.82) is 0 Å². The number of guanidine groups is 1. The van der Waals surface area contributed by atoms with Gasteiger partial charge in [-0.2, -0.15) is 13.2 Å². The lowest BCUT2D eigenvalue weighted by Gasteiger charge is -2.41. The monoisotopic (exact) mass is 393 g/mol. The van der Waals surface area contributed by atoms with Gasteiger partial charge in [-0.3, -0.25) is 4.99 Å². The Morgan fingerprint density at radius 2 is 2.11 bits per heavy atom. The van der Waals surface area contributed by atoms with Crippen molar-refractivity contribution in [3.05, 3.63) is 54.1 Å². The summed E-state index contributed by atoms with van der Waals surface area (Å²) in [6.45, 7) is 4.60. The molecule has 0 amide bonds. The van der Waals surface area contributed by atoms with Gasteiger partial charge < -0.3 is 15.2 Å². The normalized spacial score (nSPS) is 16.5. The lowest BCUT2D eigenvalue weighted by atomic mass is 9.64. The van der Waals surface area contributed by atoms with E-state index in [4.69, 9.17) is 0 Å². The van der Waals surface area contributed by atoms with Crippen molar-refractivity contribution >= 4 is 5.96 Å². The van der Waals surface area contributed by atoms with Crippen molar-refractivity contribution in [3.8, 4) is 0 Å². The number of aromatic nitrogens is 2. The number of benzene rings is 1. The van der Waals surface area contributed by atoms with E-state index in [1.165, 1.54) is 12.1 Å². The largest absolute Gasteiger partial charge is 0.416 e. The van der Waals surface area contributed by atoms with Crippen LogP contribution in [0.3, 0.4) is 0 Å². The highest BCUT2D eigenvalue weighted by molar-refractivity contribution is 5.79. The van der Waals surface area contributed by atoms with Crippen LogP contribution in [0, 0.1) is 0 Å². The van der Waals surface area contributed by atoms with Crippen LogP contribution in [0.5, 0.6) is 0 Å². The summed E-state index contributed by atoms with van der Waals surface area (Å²) >= 11 is 0. The molecular formula is C20H26F3N5. The van der Waals surface area contributed by atoms with E-state index in [0.29, 0.717) is 25.6 Å². The molecule has 1 heterocycles. The molecule has 0 aliphatic heterocycles. The molecule has 0 saturated heterocycles. The molecule has 0 spiro atoms. The Labute approximate surface area is 163 Å². The molecule has 152 valence electrons. The van der Waals surface area contributed by atoms with Crippen molar-refractivity contribution in [2.45, 2.75) is 44.3 Å². The highest BCUT2D eigenvalue weighted by Gasteiger charge is 2.40. The standard InChI is InChI=1S/C20H26F3N5/c1-2-25-18(26-10-12-28-11-9-24-15-28)27-14-19(7-4-8-19)16-5-3-6-17(13-16)20(21,22)23/h3,5-6,9,11,13,15H,2,4,7-8,10,12,14H2,1H3,(H2,25,26,27). The van der Waals surface area contributed by atoms with E-state index in [1.807, 2.05) is 17.7 Å². The van der Waals surface area contributed by atoms with Crippen LogP contribution in [0.2, 0.25) is 0 Å². The zero-order valence-electron chi connectivity index (χ0n) is 16.0. The number of halogens is 3. The third kappa shape index (κ3) is 4.85. The molecule has 1 saturated carbocycles. The number of alkyl halides is 3. The van der Waals surface area contributed by atoms with Crippen LogP contribution in [0.4, 0.5) is 13.2 Å². The minimum absolute atomic E-state index is 0.312. The van der Waals surface area contributed by atoms with Crippen LogP contribution >= 0.6 is 0 Å². The lowest BCUT2D eigenvalue weighted by Crippen LogP contribution is -2.42. The zero-order valence-corrected chi connectivity index (χ0v) is 16.0. The van der Waals surface area contributed by atoms with Gasteiger partial charge in [0.1, 0.15) is 0 Å². The molecule has 1 aromatic heterocycles. The topological polar surface area (TPSA) is 54.2 Å². The predicted molar refractivity (Wildman–Crippen MR) is 103 cm³/mol. The van der Waals surface area contributed by atoms with Crippen LogP contribution in [0.1, 0.15) is 37.3 Å². The van der Waals surface area contributed by atoms with E-state index in [1.54, 1.807) is 18.6 Å². The summed E-state index contributed by atoms with van der Waals surface area (Å²) in [7, 11) is 0. The molecule has 5 nitrogen and oxygen atoms in total. The lowest BCUT2D eigenvalue weighted by molar-refractivity contribution is -0.137. The van der Waals surface area contributed by atoms with Gasteiger partial charge in [-0.1, -0.05) is 24.6 Å². The minimum Gasteiger partial charge on any atom is -0.357 e. The van der Waals surface area contributed by atoms with Gasteiger partial charge in [0.25, 0.3) is 0 Å². The first kappa shape index (κ1) is 20.2. The average Bonchev–Trinajstić information content (AvgIpc) is 3.14. The summed E-state index contributed by atoms with van der Waals surface area (Å²) in [5, 5.41) is 6.48. The van der Waals surface area contributed by atoms with Crippen molar-refractivity contribution in [1.82, 2.24) is 20.2 Å². The molecular weight excluding hydrogens is 367 g/mol. The summed E-state index contributed by atoms with van der Waals surface area (Å²) < 4.78 is 41.2. The first-order valence-electron chi connectivity index (χ1n) is 9.59. The molecule has 1 fully saturated rings. The summed E-state index contributed by atoms with van der Waals surface area (Å²) in [4.78, 5) is 8.69. The molecule has 0 atom stereocenters. The molecule has 1 aromatic carbocycles. The van der Waals surface area contributed by atoms with Crippen molar-refractivity contribution < 1.29 is 13.2 Å². The summed E-state index contributed by atoms with van der Waals surface area (Å²) in [6, 6.07) is 5.70. The van der Waals surface area contributed by atoms with Crippen LogP contribution in [0.25, 0.3) is 0 Å². The highest BCUT2D eigenvalue weighted by atomic mass is 19.4. The van der Waals surface area contributed by atoms with E-state index in [9.17, 15) is 13.2 Å². The van der Waals surface area contributed by atoms with Crippen LogP contribution < -0.4 is 10.6 Å². The number of imidazole rings is 1. The molecule has 8 heteroatoms. The van der Waals surface area contributed by atoms with Crippen molar-refractivity contribution in [2.24, 2.45) is 4.99 Å². The Bertz CT molecular complexity index is 779. The van der Waals surface area contributed by atoms with E-state index in [2.05, 4.69) is 20.6 Å². The van der Waals surface area contributed by atoms with Gasteiger partial charge in [-0.05, 0) is 31.4 Å². The van der Waals surface area contributed by atoms with Gasteiger partial charge in [0, 0.05) is 37.4 Å². The Balaban J connectivity index is 1.69. The second-order valence-electron chi connectivity index (χ2n) is 7.13. The van der Waals surface area contributed by atoms with Crippen molar-refractivity contribution in [3.63, 3.8) is 0 Å².